The number of piperazine rings is 1. The van der Waals surface area contributed by atoms with Gasteiger partial charge in [0.15, 0.2) is 17.3 Å². The van der Waals surface area contributed by atoms with E-state index in [1.165, 1.54) is 12.1 Å². The molecule has 2 aromatic heterocycles. The van der Waals surface area contributed by atoms with Gasteiger partial charge in [-0.25, -0.2) is 4.39 Å². The Hall–Kier alpha value is -4.73. The second-order valence-electron chi connectivity index (χ2n) is 16.3. The zero-order valence-electron chi connectivity index (χ0n) is 34.6. The molecule has 3 aromatic carbocycles. The van der Waals surface area contributed by atoms with Crippen LogP contribution in [0.15, 0.2) is 79.1 Å². The van der Waals surface area contributed by atoms with Crippen molar-refractivity contribution < 1.29 is 28.1 Å². The molecule has 318 valence electrons. The number of thiol groups is 1. The van der Waals surface area contributed by atoms with E-state index in [0.717, 1.165) is 66.1 Å². The summed E-state index contributed by atoms with van der Waals surface area (Å²) in [5.41, 5.74) is 3.18. The Morgan fingerprint density at radius 2 is 1.58 bits per heavy atom. The minimum absolute atomic E-state index is 0.0901. The highest BCUT2D eigenvalue weighted by atomic mass is 35.5. The molecule has 1 amide bonds. The largest absolute Gasteiger partial charge is 0.493 e. The first-order valence-corrected chi connectivity index (χ1v) is 21.1. The van der Waals surface area contributed by atoms with Crippen molar-refractivity contribution in [1.29, 1.82) is 0 Å². The van der Waals surface area contributed by atoms with Crippen molar-refractivity contribution in [3.63, 3.8) is 0 Å². The molecular weight excluding hydrogens is 805 g/mol. The Kier molecular flexibility index (Phi) is 14.0. The van der Waals surface area contributed by atoms with Crippen LogP contribution in [0.2, 0.25) is 5.02 Å². The van der Waals surface area contributed by atoms with Crippen molar-refractivity contribution in [1.82, 2.24) is 25.0 Å². The van der Waals surface area contributed by atoms with Gasteiger partial charge in [0.25, 0.3) is 0 Å². The summed E-state index contributed by atoms with van der Waals surface area (Å²) in [5, 5.41) is 14.7. The van der Waals surface area contributed by atoms with E-state index in [9.17, 15) is 9.18 Å². The lowest BCUT2D eigenvalue weighted by Crippen LogP contribution is -2.53. The van der Waals surface area contributed by atoms with E-state index < -0.39 is 4.75 Å². The molecular formula is C45H53ClFN7O5S. The summed E-state index contributed by atoms with van der Waals surface area (Å²) < 4.78 is 36.8. The first-order chi connectivity index (χ1) is 28.9. The quantitative estimate of drug-likeness (QED) is 0.0974. The summed E-state index contributed by atoms with van der Waals surface area (Å²) in [7, 11) is 1.65. The third-order valence-electron chi connectivity index (χ3n) is 11.0. The van der Waals surface area contributed by atoms with E-state index in [0.29, 0.717) is 67.2 Å². The van der Waals surface area contributed by atoms with E-state index in [4.69, 9.17) is 53.4 Å². The number of hydrogen-bond donors (Lipinski definition) is 2. The molecule has 2 fully saturated rings. The van der Waals surface area contributed by atoms with Gasteiger partial charge < -0.3 is 29.2 Å². The van der Waals surface area contributed by atoms with E-state index >= 15 is 0 Å². The number of fused-ring (bicyclic) bond motifs is 1. The second-order valence-corrected chi connectivity index (χ2v) is 17.8. The fraction of sp³-hybridized carbons (Fsp3) is 0.422. The van der Waals surface area contributed by atoms with Gasteiger partial charge in [0, 0.05) is 84.8 Å². The van der Waals surface area contributed by atoms with E-state index in [-0.39, 0.29) is 30.4 Å². The Bertz CT molecular complexity index is 2240. The van der Waals surface area contributed by atoms with Crippen LogP contribution in [0.1, 0.15) is 44.0 Å². The number of carbonyl (C=O) groups is 1. The van der Waals surface area contributed by atoms with Gasteiger partial charge in [0.2, 0.25) is 5.91 Å². The maximum Gasteiger partial charge on any atom is 0.238 e. The maximum absolute atomic E-state index is 13.3. The van der Waals surface area contributed by atoms with Crippen LogP contribution in [-0.4, -0.2) is 114 Å². The maximum atomic E-state index is 13.3. The van der Waals surface area contributed by atoms with Crippen LogP contribution in [0, 0.1) is 5.82 Å². The lowest BCUT2D eigenvalue weighted by molar-refractivity contribution is -0.117. The molecule has 15 heteroatoms. The van der Waals surface area contributed by atoms with Crippen LogP contribution in [0.4, 0.5) is 15.9 Å². The van der Waals surface area contributed by atoms with Gasteiger partial charge in [0.1, 0.15) is 24.8 Å². The molecule has 0 saturated carbocycles. The first-order valence-electron chi connectivity index (χ1n) is 20.2. The van der Waals surface area contributed by atoms with Crippen molar-refractivity contribution in [2.75, 3.05) is 83.0 Å². The monoisotopic (exact) mass is 857 g/mol. The average Bonchev–Trinajstić information content (AvgIpc) is 3.24. The van der Waals surface area contributed by atoms with Crippen LogP contribution < -0.4 is 24.4 Å². The molecule has 1 atom stereocenters. The number of pyridine rings is 1. The number of ether oxygens (including phenoxy) is 4. The van der Waals surface area contributed by atoms with Crippen LogP contribution in [0.25, 0.3) is 10.8 Å². The number of rotatable bonds is 16. The Morgan fingerprint density at radius 3 is 2.28 bits per heavy atom. The fourth-order valence-corrected chi connectivity index (χ4v) is 8.67. The molecule has 0 spiro atoms. The smallest absolute Gasteiger partial charge is 0.238 e. The summed E-state index contributed by atoms with van der Waals surface area (Å²) >= 11 is 11.6. The molecule has 0 bridgehead atoms. The van der Waals surface area contributed by atoms with Gasteiger partial charge in [-0.3, -0.25) is 19.6 Å². The summed E-state index contributed by atoms with van der Waals surface area (Å²) in [4.78, 5) is 24.2. The standard InChI is InChI=1S/C45H53ClFN7O5S/c1-44(2,54-19-21-57-22-20-54)29-45(3,60)30-59-41-26-36-35(25-40(41)56-4)38(23-31-11-13-48-14-12-31)50-51-43(36)53-17-15-52(16-18-53)27-42(55)49-34-9-10-39(37(46)24-34)58-28-32-5-7-33(47)8-6-32/h5-14,24-26,60H,15-23,27-30H2,1-4H3,(H,49,55). The van der Waals surface area contributed by atoms with Crippen molar-refractivity contribution in [3.8, 4) is 17.2 Å². The van der Waals surface area contributed by atoms with Gasteiger partial charge in [-0.2, -0.15) is 17.7 Å². The molecule has 0 aliphatic carbocycles. The van der Waals surface area contributed by atoms with Gasteiger partial charge in [-0.1, -0.05) is 23.7 Å². The summed E-state index contributed by atoms with van der Waals surface area (Å²) in [6.07, 6.45) is 4.93. The van der Waals surface area contributed by atoms with Gasteiger partial charge in [-0.05, 0) is 92.9 Å². The first kappa shape index (κ1) is 43.4. The Morgan fingerprint density at radius 1 is 0.867 bits per heavy atom. The summed E-state index contributed by atoms with van der Waals surface area (Å²) in [6.45, 7) is 13.3. The number of hydrogen-bond acceptors (Lipinski definition) is 12. The number of nitrogens with zero attached hydrogens (tertiary/aromatic N) is 6. The number of morpholine rings is 1. The third-order valence-corrected chi connectivity index (χ3v) is 11.6. The fourth-order valence-electron chi connectivity index (χ4n) is 7.99. The molecule has 1 unspecified atom stereocenters. The summed E-state index contributed by atoms with van der Waals surface area (Å²) in [6, 6.07) is 19.2. The molecule has 2 aliphatic rings. The molecule has 1 N–H and O–H groups in total. The van der Waals surface area contributed by atoms with Gasteiger partial charge in [0.05, 0.1) is 37.6 Å². The van der Waals surface area contributed by atoms with Gasteiger partial charge in [-0.15, -0.1) is 5.10 Å². The number of carbonyl (C=O) groups excluding carboxylic acids is 1. The van der Waals surface area contributed by atoms with Crippen molar-refractivity contribution in [2.45, 2.75) is 50.5 Å². The lowest BCUT2D eigenvalue weighted by Gasteiger charge is -2.44. The molecule has 12 nitrogen and oxygen atoms in total. The Balaban J connectivity index is 1.02. The minimum atomic E-state index is -0.438. The SMILES string of the molecule is COc1cc2c(Cc3ccncc3)nnc(N3CCN(CC(=O)Nc4ccc(OCc5ccc(F)cc5)c(Cl)c4)CC3)c2cc1OCC(C)(S)CC(C)(C)N1CCOCC1. The summed E-state index contributed by atoms with van der Waals surface area (Å²) in [5.74, 6) is 1.98. The Labute approximate surface area is 361 Å². The second kappa shape index (κ2) is 19.3. The molecule has 2 saturated heterocycles. The van der Waals surface area contributed by atoms with Crippen LogP contribution >= 0.6 is 24.2 Å². The predicted octanol–water partition coefficient (Wildman–Crippen LogP) is 7.32. The zero-order valence-corrected chi connectivity index (χ0v) is 36.3. The highest BCUT2D eigenvalue weighted by Gasteiger charge is 2.36. The van der Waals surface area contributed by atoms with Crippen molar-refractivity contribution in [2.24, 2.45) is 0 Å². The number of amides is 1. The number of aromatic nitrogens is 3. The molecule has 0 radical (unpaired) electrons. The van der Waals surface area contributed by atoms with Crippen molar-refractivity contribution >= 4 is 52.4 Å². The van der Waals surface area contributed by atoms with Crippen LogP contribution in [0.5, 0.6) is 17.2 Å². The van der Waals surface area contributed by atoms with Gasteiger partial charge >= 0.3 is 0 Å². The lowest BCUT2D eigenvalue weighted by atomic mass is 9.89. The zero-order chi connectivity index (χ0) is 42.3. The molecule has 5 aromatic rings. The topological polar surface area (TPSA) is 114 Å². The molecule has 60 heavy (non-hydrogen) atoms. The number of halogens is 2. The van der Waals surface area contributed by atoms with E-state index in [2.05, 4.69) is 45.8 Å². The third kappa shape index (κ3) is 11.1. The molecule has 4 heterocycles. The number of methoxy groups -OCH3 is 1. The number of anilines is 2. The number of nitrogens with one attached hydrogen (secondary N) is 1. The highest BCUT2D eigenvalue weighted by molar-refractivity contribution is 7.81. The number of benzene rings is 3. The van der Waals surface area contributed by atoms with Crippen LogP contribution in [-0.2, 0) is 22.6 Å². The highest BCUT2D eigenvalue weighted by Crippen LogP contribution is 2.39. The van der Waals surface area contributed by atoms with Crippen LogP contribution in [0.3, 0.4) is 0 Å². The van der Waals surface area contributed by atoms with E-state index in [1.54, 1.807) is 49.8 Å². The van der Waals surface area contributed by atoms with E-state index in [1.807, 2.05) is 24.3 Å². The predicted molar refractivity (Wildman–Crippen MR) is 237 cm³/mol. The normalized spacial score (nSPS) is 16.4. The molecule has 7 rings (SSSR count). The average molecular weight is 858 g/mol. The minimum Gasteiger partial charge on any atom is -0.493 e. The molecule has 2 aliphatic heterocycles. The van der Waals surface area contributed by atoms with Crippen molar-refractivity contribution in [3.05, 3.63) is 107 Å².